The Morgan fingerprint density at radius 3 is 2.62 bits per heavy atom. The smallest absolute Gasteiger partial charge is 0.228 e. The summed E-state index contributed by atoms with van der Waals surface area (Å²) in [7, 11) is 0. The molecule has 94 valence electrons. The van der Waals surface area contributed by atoms with Crippen LogP contribution < -0.4 is 5.32 Å². The molecular formula is C12H23ClN2O. The average molecular weight is 247 g/mol. The summed E-state index contributed by atoms with van der Waals surface area (Å²) in [4.78, 5) is 14.0. The van der Waals surface area contributed by atoms with Crippen LogP contribution in [0, 0.1) is 17.8 Å². The predicted molar refractivity (Wildman–Crippen MR) is 67.7 cm³/mol. The van der Waals surface area contributed by atoms with Crippen molar-refractivity contribution in [1.29, 1.82) is 0 Å². The summed E-state index contributed by atoms with van der Waals surface area (Å²) in [6.45, 7) is 8.31. The Labute approximate surface area is 104 Å². The third kappa shape index (κ3) is 3.11. The standard InChI is InChI=1S/C12H22N2O.ClH/c1-9(2)5-10-3-4-14(8-10)12(15)11-6-13-7-11;/h9-11,13H,3-8H2,1-2H3;1H. The van der Waals surface area contributed by atoms with Crippen molar-refractivity contribution in [3.63, 3.8) is 0 Å². The zero-order chi connectivity index (χ0) is 10.8. The highest BCUT2D eigenvalue weighted by Gasteiger charge is 2.33. The Hall–Kier alpha value is -0.280. The summed E-state index contributed by atoms with van der Waals surface area (Å²) >= 11 is 0. The van der Waals surface area contributed by atoms with Gasteiger partial charge in [-0.15, -0.1) is 12.4 Å². The first kappa shape index (κ1) is 13.8. The molecule has 16 heavy (non-hydrogen) atoms. The third-order valence-electron chi connectivity index (χ3n) is 3.53. The number of carbonyl (C=O) groups excluding carboxylic acids is 1. The molecule has 2 heterocycles. The molecule has 0 aliphatic carbocycles. The van der Waals surface area contributed by atoms with Gasteiger partial charge in [-0.1, -0.05) is 13.8 Å². The SMILES string of the molecule is CC(C)CC1CCN(C(=O)C2CNC2)C1.Cl. The fourth-order valence-corrected chi connectivity index (χ4v) is 2.61. The van der Waals surface area contributed by atoms with Crippen molar-refractivity contribution in [2.75, 3.05) is 26.2 Å². The topological polar surface area (TPSA) is 32.3 Å². The number of amides is 1. The van der Waals surface area contributed by atoms with Crippen LogP contribution in [0.4, 0.5) is 0 Å². The second kappa shape index (κ2) is 5.87. The summed E-state index contributed by atoms with van der Waals surface area (Å²) in [5, 5.41) is 3.16. The number of hydrogen-bond acceptors (Lipinski definition) is 2. The highest BCUT2D eigenvalue weighted by molar-refractivity contribution is 5.85. The molecule has 0 aromatic rings. The second-order valence-electron chi connectivity index (χ2n) is 5.42. The van der Waals surface area contributed by atoms with Gasteiger partial charge in [0.15, 0.2) is 0 Å². The summed E-state index contributed by atoms with van der Waals surface area (Å²) in [5.74, 6) is 2.18. The Bertz CT molecular complexity index is 241. The zero-order valence-corrected chi connectivity index (χ0v) is 11.1. The molecular weight excluding hydrogens is 224 g/mol. The van der Waals surface area contributed by atoms with Gasteiger partial charge < -0.3 is 10.2 Å². The van der Waals surface area contributed by atoms with E-state index in [1.807, 2.05) is 0 Å². The molecule has 0 saturated carbocycles. The van der Waals surface area contributed by atoms with Crippen molar-refractivity contribution < 1.29 is 4.79 Å². The van der Waals surface area contributed by atoms with Gasteiger partial charge in [-0.2, -0.15) is 0 Å². The number of halogens is 1. The summed E-state index contributed by atoms with van der Waals surface area (Å²) < 4.78 is 0. The molecule has 0 aromatic heterocycles. The second-order valence-corrected chi connectivity index (χ2v) is 5.42. The lowest BCUT2D eigenvalue weighted by Gasteiger charge is -2.30. The van der Waals surface area contributed by atoms with Gasteiger partial charge in [0.25, 0.3) is 0 Å². The van der Waals surface area contributed by atoms with Gasteiger partial charge in [0.05, 0.1) is 5.92 Å². The van der Waals surface area contributed by atoms with E-state index in [1.54, 1.807) is 0 Å². The van der Waals surface area contributed by atoms with Gasteiger partial charge in [-0.3, -0.25) is 4.79 Å². The number of carbonyl (C=O) groups is 1. The molecule has 0 bridgehead atoms. The van der Waals surface area contributed by atoms with Crippen molar-refractivity contribution in [3.05, 3.63) is 0 Å². The maximum atomic E-state index is 11.9. The first-order valence-electron chi connectivity index (χ1n) is 6.16. The molecule has 3 nitrogen and oxygen atoms in total. The summed E-state index contributed by atoms with van der Waals surface area (Å²) in [6, 6.07) is 0. The van der Waals surface area contributed by atoms with E-state index < -0.39 is 0 Å². The van der Waals surface area contributed by atoms with E-state index in [0.717, 1.165) is 38.0 Å². The molecule has 0 spiro atoms. The van der Waals surface area contributed by atoms with E-state index in [-0.39, 0.29) is 18.3 Å². The minimum absolute atomic E-state index is 0. The quantitative estimate of drug-likeness (QED) is 0.819. The molecule has 4 heteroatoms. The molecule has 2 saturated heterocycles. The first-order valence-corrected chi connectivity index (χ1v) is 6.16. The van der Waals surface area contributed by atoms with Crippen LogP contribution in [-0.4, -0.2) is 37.0 Å². The molecule has 0 radical (unpaired) electrons. The minimum atomic E-state index is 0. The maximum Gasteiger partial charge on any atom is 0.228 e. The van der Waals surface area contributed by atoms with E-state index in [9.17, 15) is 4.79 Å². The van der Waals surface area contributed by atoms with E-state index in [2.05, 4.69) is 24.1 Å². The molecule has 0 aromatic carbocycles. The Morgan fingerprint density at radius 2 is 2.12 bits per heavy atom. The minimum Gasteiger partial charge on any atom is -0.342 e. The van der Waals surface area contributed by atoms with Crippen molar-refractivity contribution in [2.24, 2.45) is 17.8 Å². The Morgan fingerprint density at radius 1 is 1.44 bits per heavy atom. The maximum absolute atomic E-state index is 11.9. The number of hydrogen-bond donors (Lipinski definition) is 1. The van der Waals surface area contributed by atoms with Crippen molar-refractivity contribution in [2.45, 2.75) is 26.7 Å². The highest BCUT2D eigenvalue weighted by Crippen LogP contribution is 2.24. The van der Waals surface area contributed by atoms with E-state index >= 15 is 0 Å². The monoisotopic (exact) mass is 246 g/mol. The zero-order valence-electron chi connectivity index (χ0n) is 10.2. The molecule has 1 amide bonds. The lowest BCUT2D eigenvalue weighted by atomic mass is 9.96. The van der Waals surface area contributed by atoms with Crippen molar-refractivity contribution in [1.82, 2.24) is 10.2 Å². The molecule has 2 fully saturated rings. The molecule has 1 unspecified atom stereocenters. The van der Waals surface area contributed by atoms with Crippen LogP contribution in [-0.2, 0) is 4.79 Å². The van der Waals surface area contributed by atoms with Gasteiger partial charge in [0, 0.05) is 26.2 Å². The molecule has 1 atom stereocenters. The number of rotatable bonds is 3. The first-order chi connectivity index (χ1) is 7.16. The number of nitrogens with zero attached hydrogens (tertiary/aromatic N) is 1. The fraction of sp³-hybridized carbons (Fsp3) is 0.917. The van der Waals surface area contributed by atoms with Gasteiger partial charge in [0.2, 0.25) is 5.91 Å². The Balaban J connectivity index is 0.00000128. The van der Waals surface area contributed by atoms with E-state index in [0.29, 0.717) is 5.91 Å². The molecule has 2 aliphatic rings. The van der Waals surface area contributed by atoms with Gasteiger partial charge in [-0.05, 0) is 24.7 Å². The fourth-order valence-electron chi connectivity index (χ4n) is 2.61. The lowest BCUT2D eigenvalue weighted by Crippen LogP contribution is -2.51. The molecule has 2 rings (SSSR count). The summed E-state index contributed by atoms with van der Waals surface area (Å²) in [5.41, 5.74) is 0. The predicted octanol–water partition coefficient (Wildman–Crippen LogP) is 1.52. The largest absolute Gasteiger partial charge is 0.342 e. The van der Waals surface area contributed by atoms with Crippen LogP contribution in [0.2, 0.25) is 0 Å². The van der Waals surface area contributed by atoms with Crippen LogP contribution in [0.25, 0.3) is 0 Å². The molecule has 2 aliphatic heterocycles. The van der Waals surface area contributed by atoms with Crippen LogP contribution in [0.5, 0.6) is 0 Å². The Kier molecular flexibility index (Phi) is 5.06. The number of likely N-dealkylation sites (tertiary alicyclic amines) is 1. The van der Waals surface area contributed by atoms with Crippen LogP contribution >= 0.6 is 12.4 Å². The van der Waals surface area contributed by atoms with Crippen LogP contribution in [0.15, 0.2) is 0 Å². The molecule has 1 N–H and O–H groups in total. The van der Waals surface area contributed by atoms with Gasteiger partial charge in [0.1, 0.15) is 0 Å². The van der Waals surface area contributed by atoms with Crippen LogP contribution in [0.1, 0.15) is 26.7 Å². The summed E-state index contributed by atoms with van der Waals surface area (Å²) in [6.07, 6.45) is 2.48. The van der Waals surface area contributed by atoms with Crippen molar-refractivity contribution >= 4 is 18.3 Å². The van der Waals surface area contributed by atoms with Crippen molar-refractivity contribution in [3.8, 4) is 0 Å². The van der Waals surface area contributed by atoms with E-state index in [4.69, 9.17) is 0 Å². The lowest BCUT2D eigenvalue weighted by molar-refractivity contribution is -0.136. The van der Waals surface area contributed by atoms with E-state index in [1.165, 1.54) is 12.8 Å². The normalized spacial score (nSPS) is 25.4. The number of nitrogens with one attached hydrogen (secondary N) is 1. The van der Waals surface area contributed by atoms with Gasteiger partial charge >= 0.3 is 0 Å². The third-order valence-corrected chi connectivity index (χ3v) is 3.53. The van der Waals surface area contributed by atoms with Gasteiger partial charge in [-0.25, -0.2) is 0 Å². The van der Waals surface area contributed by atoms with Crippen LogP contribution in [0.3, 0.4) is 0 Å². The average Bonchev–Trinajstić information content (AvgIpc) is 2.48. The highest BCUT2D eigenvalue weighted by atomic mass is 35.5.